The number of thioether (sulfide) groups is 1. The first-order valence-corrected chi connectivity index (χ1v) is 10.6. The molecule has 1 aliphatic rings. The summed E-state index contributed by atoms with van der Waals surface area (Å²) in [7, 11) is 0. The average molecular weight is 433 g/mol. The molecule has 1 heterocycles. The molecule has 1 unspecified atom stereocenters. The van der Waals surface area contributed by atoms with E-state index in [2.05, 4.69) is 5.32 Å². The average Bonchev–Trinajstić information content (AvgIpc) is 3.16. The third kappa shape index (κ3) is 4.29. The second kappa shape index (κ2) is 8.61. The largest absolute Gasteiger partial charge is 0.322 e. The number of anilines is 2. The zero-order valence-corrected chi connectivity index (χ0v) is 17.5. The lowest BCUT2D eigenvalue weighted by Gasteiger charge is -2.26. The van der Waals surface area contributed by atoms with Gasteiger partial charge in [0.1, 0.15) is 5.37 Å². The quantitative estimate of drug-likeness (QED) is 0.455. The lowest BCUT2D eigenvalue weighted by atomic mass is 10.1. The van der Waals surface area contributed by atoms with Gasteiger partial charge in [-0.25, -0.2) is 0 Å². The molecular weight excluding hydrogens is 414 g/mol. The molecule has 2 amide bonds. The highest BCUT2D eigenvalue weighted by atomic mass is 32.2. The van der Waals surface area contributed by atoms with Gasteiger partial charge in [-0.1, -0.05) is 42.0 Å². The van der Waals surface area contributed by atoms with Crippen LogP contribution in [0.15, 0.2) is 72.8 Å². The van der Waals surface area contributed by atoms with Crippen molar-refractivity contribution in [2.75, 3.05) is 16.0 Å². The summed E-state index contributed by atoms with van der Waals surface area (Å²) in [6.45, 7) is 1.99. The Morgan fingerprint density at radius 2 is 1.84 bits per heavy atom. The zero-order chi connectivity index (χ0) is 22.0. The maximum absolute atomic E-state index is 12.8. The number of nitrogens with zero attached hydrogens (tertiary/aromatic N) is 2. The van der Waals surface area contributed by atoms with Gasteiger partial charge < -0.3 is 5.32 Å². The highest BCUT2D eigenvalue weighted by molar-refractivity contribution is 8.00. The fraction of sp³-hybridized carbons (Fsp3) is 0.130. The van der Waals surface area contributed by atoms with Gasteiger partial charge in [-0.2, -0.15) is 0 Å². The van der Waals surface area contributed by atoms with E-state index < -0.39 is 10.8 Å². The molecule has 156 valence electrons. The number of rotatable bonds is 5. The predicted octanol–water partition coefficient (Wildman–Crippen LogP) is 4.93. The van der Waals surface area contributed by atoms with Crippen molar-refractivity contribution in [3.63, 3.8) is 0 Å². The molecule has 4 rings (SSSR count). The number of carbonyl (C=O) groups excluding carboxylic acids is 2. The highest BCUT2D eigenvalue weighted by Gasteiger charge is 2.35. The van der Waals surface area contributed by atoms with Crippen molar-refractivity contribution in [1.29, 1.82) is 0 Å². The summed E-state index contributed by atoms with van der Waals surface area (Å²) in [6, 6.07) is 20.6. The van der Waals surface area contributed by atoms with E-state index in [4.69, 9.17) is 0 Å². The molecule has 0 radical (unpaired) electrons. The van der Waals surface area contributed by atoms with Crippen molar-refractivity contribution in [2.24, 2.45) is 0 Å². The number of amides is 2. The minimum atomic E-state index is -0.537. The van der Waals surface area contributed by atoms with E-state index in [1.54, 1.807) is 17.0 Å². The maximum atomic E-state index is 12.8. The summed E-state index contributed by atoms with van der Waals surface area (Å²) in [4.78, 5) is 37.7. The van der Waals surface area contributed by atoms with Crippen LogP contribution in [0.25, 0.3) is 0 Å². The molecular formula is C23H19N3O4S. The van der Waals surface area contributed by atoms with Crippen molar-refractivity contribution in [3.05, 3.63) is 99.6 Å². The molecule has 31 heavy (non-hydrogen) atoms. The molecule has 1 atom stereocenters. The van der Waals surface area contributed by atoms with Crippen LogP contribution in [0.4, 0.5) is 17.1 Å². The molecule has 1 fully saturated rings. The molecule has 8 heteroatoms. The van der Waals surface area contributed by atoms with E-state index in [1.807, 2.05) is 43.3 Å². The number of nitrogens with one attached hydrogen (secondary N) is 1. The SMILES string of the molecule is Cc1ccc(N2C(=O)CSC2c2ccccc2NC(=O)c2cccc([N+](=O)[O-])c2)cc1. The Hall–Kier alpha value is -3.65. The van der Waals surface area contributed by atoms with Crippen molar-refractivity contribution in [3.8, 4) is 0 Å². The van der Waals surface area contributed by atoms with Gasteiger partial charge in [0, 0.05) is 34.6 Å². The number of hydrogen-bond donors (Lipinski definition) is 1. The molecule has 3 aromatic rings. The van der Waals surface area contributed by atoms with Crippen LogP contribution < -0.4 is 10.2 Å². The fourth-order valence-corrected chi connectivity index (χ4v) is 4.63. The third-order valence-electron chi connectivity index (χ3n) is 4.97. The van der Waals surface area contributed by atoms with Gasteiger partial charge in [0.15, 0.2) is 0 Å². The van der Waals surface area contributed by atoms with Crippen molar-refractivity contribution in [1.82, 2.24) is 0 Å². The number of hydrogen-bond acceptors (Lipinski definition) is 5. The first kappa shape index (κ1) is 20.6. The molecule has 0 aromatic heterocycles. The van der Waals surface area contributed by atoms with Crippen LogP contribution in [0, 0.1) is 17.0 Å². The summed E-state index contributed by atoms with van der Waals surface area (Å²) < 4.78 is 0. The Morgan fingerprint density at radius 1 is 1.10 bits per heavy atom. The van der Waals surface area contributed by atoms with E-state index in [-0.39, 0.29) is 22.5 Å². The minimum absolute atomic E-state index is 0.00123. The summed E-state index contributed by atoms with van der Waals surface area (Å²) in [6.07, 6.45) is 0. The number of para-hydroxylation sites is 1. The normalized spacial score (nSPS) is 15.7. The van der Waals surface area contributed by atoms with Crippen LogP contribution in [-0.2, 0) is 4.79 Å². The maximum Gasteiger partial charge on any atom is 0.270 e. The Labute approximate surface area is 183 Å². The Morgan fingerprint density at radius 3 is 2.58 bits per heavy atom. The van der Waals surface area contributed by atoms with E-state index >= 15 is 0 Å². The second-order valence-electron chi connectivity index (χ2n) is 7.11. The lowest BCUT2D eigenvalue weighted by Crippen LogP contribution is -2.28. The van der Waals surface area contributed by atoms with Crippen LogP contribution in [-0.4, -0.2) is 22.5 Å². The van der Waals surface area contributed by atoms with Gasteiger partial charge in [-0.05, 0) is 31.2 Å². The first-order chi connectivity index (χ1) is 14.9. The van der Waals surface area contributed by atoms with Crippen molar-refractivity contribution in [2.45, 2.75) is 12.3 Å². The monoisotopic (exact) mass is 433 g/mol. The molecule has 0 saturated carbocycles. The Balaban J connectivity index is 1.64. The fourth-order valence-electron chi connectivity index (χ4n) is 3.42. The molecule has 1 N–H and O–H groups in total. The number of carbonyl (C=O) groups is 2. The van der Waals surface area contributed by atoms with E-state index in [0.29, 0.717) is 11.4 Å². The topological polar surface area (TPSA) is 92.6 Å². The van der Waals surface area contributed by atoms with Crippen LogP contribution in [0.1, 0.15) is 26.9 Å². The van der Waals surface area contributed by atoms with E-state index in [9.17, 15) is 19.7 Å². The van der Waals surface area contributed by atoms with Gasteiger partial charge >= 0.3 is 0 Å². The Bertz CT molecular complexity index is 1160. The summed E-state index contributed by atoms with van der Waals surface area (Å²) in [5.41, 5.74) is 3.29. The van der Waals surface area contributed by atoms with Gasteiger partial charge in [-0.15, -0.1) is 11.8 Å². The van der Waals surface area contributed by atoms with Crippen LogP contribution in [0.5, 0.6) is 0 Å². The number of non-ortho nitro benzene ring substituents is 1. The van der Waals surface area contributed by atoms with Gasteiger partial charge in [0.25, 0.3) is 11.6 Å². The Kier molecular flexibility index (Phi) is 5.73. The molecule has 7 nitrogen and oxygen atoms in total. The third-order valence-corrected chi connectivity index (χ3v) is 6.17. The molecule has 3 aromatic carbocycles. The summed E-state index contributed by atoms with van der Waals surface area (Å²) in [5.74, 6) is -0.114. The standard InChI is InChI=1S/C23H19N3O4S/c1-15-9-11-17(12-10-15)25-21(27)14-31-23(25)19-7-2-3-8-20(19)24-22(28)16-5-4-6-18(13-16)26(29)30/h2-13,23H,14H2,1H3,(H,24,28). The second-order valence-corrected chi connectivity index (χ2v) is 8.18. The number of nitro groups is 1. The molecule has 0 bridgehead atoms. The van der Waals surface area contributed by atoms with Crippen molar-refractivity contribution >= 4 is 40.6 Å². The van der Waals surface area contributed by atoms with Crippen molar-refractivity contribution < 1.29 is 14.5 Å². The zero-order valence-electron chi connectivity index (χ0n) is 16.6. The highest BCUT2D eigenvalue weighted by Crippen LogP contribution is 2.44. The lowest BCUT2D eigenvalue weighted by molar-refractivity contribution is -0.384. The number of benzene rings is 3. The first-order valence-electron chi connectivity index (χ1n) is 9.59. The van der Waals surface area contributed by atoms with Crippen LogP contribution >= 0.6 is 11.8 Å². The smallest absolute Gasteiger partial charge is 0.270 e. The predicted molar refractivity (Wildman–Crippen MR) is 121 cm³/mol. The molecule has 1 saturated heterocycles. The summed E-state index contributed by atoms with van der Waals surface area (Å²) >= 11 is 1.49. The summed E-state index contributed by atoms with van der Waals surface area (Å²) in [5, 5.41) is 13.6. The minimum Gasteiger partial charge on any atom is -0.322 e. The van der Waals surface area contributed by atoms with Gasteiger partial charge in [0.05, 0.1) is 10.7 Å². The van der Waals surface area contributed by atoms with Crippen LogP contribution in [0.2, 0.25) is 0 Å². The number of nitro benzene ring substituents is 1. The van der Waals surface area contributed by atoms with Gasteiger partial charge in [-0.3, -0.25) is 24.6 Å². The molecule has 0 spiro atoms. The van der Waals surface area contributed by atoms with E-state index in [0.717, 1.165) is 16.8 Å². The van der Waals surface area contributed by atoms with Crippen LogP contribution in [0.3, 0.4) is 0 Å². The molecule has 0 aliphatic carbocycles. The number of aryl methyl sites for hydroxylation is 1. The molecule has 1 aliphatic heterocycles. The van der Waals surface area contributed by atoms with E-state index in [1.165, 1.54) is 36.0 Å². The van der Waals surface area contributed by atoms with Gasteiger partial charge in [0.2, 0.25) is 5.91 Å².